The number of epoxide rings is 1. The summed E-state index contributed by atoms with van der Waals surface area (Å²) in [6.45, 7) is 6.48. The van der Waals surface area contributed by atoms with Crippen LogP contribution in [0.5, 0.6) is 0 Å². The van der Waals surface area contributed by atoms with Crippen molar-refractivity contribution in [2.24, 2.45) is 0 Å². The molecule has 1 heteroatoms. The Labute approximate surface area is 110 Å². The average Bonchev–Trinajstić information content (AvgIpc) is 2.99. The van der Waals surface area contributed by atoms with E-state index in [1.54, 1.807) is 0 Å². The second kappa shape index (κ2) is 5.53. The van der Waals surface area contributed by atoms with Crippen LogP contribution in [0, 0.1) is 0 Å². The van der Waals surface area contributed by atoms with Crippen molar-refractivity contribution in [3.05, 3.63) is 53.6 Å². The van der Waals surface area contributed by atoms with Crippen LogP contribution in [-0.4, -0.2) is 11.7 Å². The van der Waals surface area contributed by atoms with Gasteiger partial charge in [-0.2, -0.15) is 0 Å². The van der Waals surface area contributed by atoms with Gasteiger partial charge in [0, 0.05) is 0 Å². The maximum Gasteiger partial charge on any atom is 0.105 e. The van der Waals surface area contributed by atoms with E-state index in [0.29, 0.717) is 0 Å². The summed E-state index contributed by atoms with van der Waals surface area (Å²) in [5.74, 6) is 0. The molecule has 0 saturated carbocycles. The first-order valence-electron chi connectivity index (χ1n) is 6.65. The van der Waals surface area contributed by atoms with Crippen LogP contribution in [0.25, 0.3) is 6.08 Å². The maximum atomic E-state index is 5.79. The summed E-state index contributed by atoms with van der Waals surface area (Å²) in [5, 5.41) is 0. The van der Waals surface area contributed by atoms with Crippen molar-refractivity contribution >= 4 is 6.08 Å². The van der Waals surface area contributed by atoms with Crippen molar-refractivity contribution in [1.29, 1.82) is 0 Å². The van der Waals surface area contributed by atoms with Crippen molar-refractivity contribution in [3.8, 4) is 0 Å². The lowest BCUT2D eigenvalue weighted by atomic mass is 10.00. The van der Waals surface area contributed by atoms with Gasteiger partial charge < -0.3 is 4.74 Å². The van der Waals surface area contributed by atoms with Crippen LogP contribution in [0.3, 0.4) is 0 Å². The minimum absolute atomic E-state index is 0.0528. The van der Waals surface area contributed by atoms with Crippen LogP contribution in [0.2, 0.25) is 0 Å². The molecular formula is C17H22O. The first-order chi connectivity index (χ1) is 8.60. The van der Waals surface area contributed by atoms with Gasteiger partial charge in [-0.3, -0.25) is 0 Å². The van der Waals surface area contributed by atoms with E-state index in [4.69, 9.17) is 4.74 Å². The van der Waals surface area contributed by atoms with Crippen molar-refractivity contribution in [2.45, 2.75) is 45.3 Å². The summed E-state index contributed by atoms with van der Waals surface area (Å²) in [7, 11) is 0. The zero-order chi connectivity index (χ0) is 13.0. The molecule has 1 fully saturated rings. The second-order valence-electron chi connectivity index (χ2n) is 5.44. The van der Waals surface area contributed by atoms with Crippen LogP contribution in [0.1, 0.15) is 39.2 Å². The first kappa shape index (κ1) is 13.1. The number of rotatable bonds is 5. The minimum atomic E-state index is 0.0528. The fourth-order valence-corrected chi connectivity index (χ4v) is 2.11. The van der Waals surface area contributed by atoms with Gasteiger partial charge in [0.1, 0.15) is 6.10 Å². The Hall–Kier alpha value is -1.34. The van der Waals surface area contributed by atoms with Gasteiger partial charge in [-0.15, -0.1) is 0 Å². The predicted molar refractivity (Wildman–Crippen MR) is 77.4 cm³/mol. The van der Waals surface area contributed by atoms with Gasteiger partial charge in [0.2, 0.25) is 0 Å². The first-order valence-corrected chi connectivity index (χ1v) is 6.65. The molecule has 0 spiro atoms. The third kappa shape index (κ3) is 3.58. The number of allylic oxidation sites excluding steroid dienone is 2. The van der Waals surface area contributed by atoms with Gasteiger partial charge in [0.05, 0.1) is 5.60 Å². The van der Waals surface area contributed by atoms with E-state index in [9.17, 15) is 0 Å². The molecule has 18 heavy (non-hydrogen) atoms. The smallest absolute Gasteiger partial charge is 0.105 e. The average molecular weight is 242 g/mol. The van der Waals surface area contributed by atoms with Gasteiger partial charge in [0.25, 0.3) is 0 Å². The Bertz CT molecular complexity index is 440. The maximum absolute atomic E-state index is 5.79. The Morgan fingerprint density at radius 2 is 2.00 bits per heavy atom. The fourth-order valence-electron chi connectivity index (χ4n) is 2.11. The molecule has 0 radical (unpaired) electrons. The number of ether oxygens (including phenoxy) is 1. The van der Waals surface area contributed by atoms with Gasteiger partial charge in [0.15, 0.2) is 0 Å². The molecule has 0 aliphatic carbocycles. The molecule has 0 bridgehead atoms. The highest BCUT2D eigenvalue weighted by molar-refractivity contribution is 5.50. The summed E-state index contributed by atoms with van der Waals surface area (Å²) >= 11 is 0. The number of hydrogen-bond donors (Lipinski definition) is 0. The summed E-state index contributed by atoms with van der Waals surface area (Å²) in [5.41, 5.74) is 2.67. The van der Waals surface area contributed by atoms with Crippen LogP contribution in [0.4, 0.5) is 0 Å². The van der Waals surface area contributed by atoms with Gasteiger partial charge in [-0.1, -0.05) is 54.1 Å². The van der Waals surface area contributed by atoms with E-state index in [1.165, 1.54) is 11.1 Å². The van der Waals surface area contributed by atoms with Gasteiger partial charge in [-0.05, 0) is 39.2 Å². The van der Waals surface area contributed by atoms with Crippen LogP contribution >= 0.6 is 0 Å². The fraction of sp³-hybridized carbons (Fsp3) is 0.412. The quantitative estimate of drug-likeness (QED) is 0.543. The van der Waals surface area contributed by atoms with Crippen molar-refractivity contribution in [1.82, 2.24) is 0 Å². The van der Waals surface area contributed by atoms with E-state index in [1.807, 2.05) is 6.07 Å². The summed E-state index contributed by atoms with van der Waals surface area (Å²) in [6, 6.07) is 10.4. The Morgan fingerprint density at radius 1 is 1.28 bits per heavy atom. The number of benzene rings is 1. The van der Waals surface area contributed by atoms with Gasteiger partial charge >= 0.3 is 0 Å². The summed E-state index contributed by atoms with van der Waals surface area (Å²) in [4.78, 5) is 0. The molecule has 1 aliphatic rings. The molecule has 0 N–H and O–H groups in total. The van der Waals surface area contributed by atoms with Crippen LogP contribution in [0.15, 0.2) is 48.1 Å². The molecule has 1 saturated heterocycles. The topological polar surface area (TPSA) is 12.5 Å². The third-order valence-electron chi connectivity index (χ3n) is 3.40. The second-order valence-corrected chi connectivity index (χ2v) is 5.44. The zero-order valence-corrected chi connectivity index (χ0v) is 11.5. The lowest BCUT2D eigenvalue weighted by Gasteiger charge is -2.02. The van der Waals surface area contributed by atoms with Crippen molar-refractivity contribution in [2.75, 3.05) is 0 Å². The van der Waals surface area contributed by atoms with Gasteiger partial charge in [-0.25, -0.2) is 0 Å². The SMILES string of the molecule is CC(C)=CCC[C@]1(C)O[C@H]1C=Cc1ccccc1. The molecule has 1 nitrogen and oxygen atoms in total. The third-order valence-corrected chi connectivity index (χ3v) is 3.40. The number of hydrogen-bond acceptors (Lipinski definition) is 1. The summed E-state index contributed by atoms with van der Waals surface area (Å²) < 4.78 is 5.79. The van der Waals surface area contributed by atoms with Crippen LogP contribution < -0.4 is 0 Å². The van der Waals surface area contributed by atoms with E-state index in [0.717, 1.165) is 12.8 Å². The lowest BCUT2D eigenvalue weighted by molar-refractivity contribution is 0.304. The highest BCUT2D eigenvalue weighted by Crippen LogP contribution is 2.41. The Kier molecular flexibility index (Phi) is 4.03. The molecule has 1 aromatic carbocycles. The lowest BCUT2D eigenvalue weighted by Crippen LogP contribution is -2.07. The standard InChI is InChI=1S/C17H22O/c1-14(2)8-7-13-17(3)16(18-17)12-11-15-9-5-4-6-10-15/h4-6,8-12,16H,7,13H2,1-3H3/t16-,17-/m0/s1. The predicted octanol–water partition coefficient (Wildman–Crippen LogP) is 4.60. The molecule has 96 valence electrons. The van der Waals surface area contributed by atoms with E-state index >= 15 is 0 Å². The molecule has 2 rings (SSSR count). The molecule has 0 aromatic heterocycles. The normalized spacial score (nSPS) is 26.3. The van der Waals surface area contributed by atoms with Crippen molar-refractivity contribution < 1.29 is 4.74 Å². The largest absolute Gasteiger partial charge is 0.362 e. The summed E-state index contributed by atoms with van der Waals surface area (Å²) in [6.07, 6.45) is 9.10. The van der Waals surface area contributed by atoms with E-state index in [-0.39, 0.29) is 11.7 Å². The van der Waals surface area contributed by atoms with E-state index < -0.39 is 0 Å². The molecular weight excluding hydrogens is 220 g/mol. The Balaban J connectivity index is 1.83. The highest BCUT2D eigenvalue weighted by Gasteiger charge is 2.49. The monoisotopic (exact) mass is 242 g/mol. The molecule has 1 aromatic rings. The Morgan fingerprint density at radius 3 is 2.67 bits per heavy atom. The molecule has 2 atom stereocenters. The molecule has 0 unspecified atom stereocenters. The molecule has 1 heterocycles. The van der Waals surface area contributed by atoms with Crippen molar-refractivity contribution in [3.63, 3.8) is 0 Å². The zero-order valence-electron chi connectivity index (χ0n) is 11.5. The highest BCUT2D eigenvalue weighted by atomic mass is 16.6. The minimum Gasteiger partial charge on any atom is -0.362 e. The van der Waals surface area contributed by atoms with E-state index in [2.05, 4.69) is 63.3 Å². The van der Waals surface area contributed by atoms with Crippen LogP contribution in [-0.2, 0) is 4.74 Å². The molecule has 1 aliphatic heterocycles. The molecule has 0 amide bonds.